The van der Waals surface area contributed by atoms with E-state index in [1.54, 1.807) is 7.05 Å². The Balaban J connectivity index is 1.94. The van der Waals surface area contributed by atoms with Crippen LogP contribution in [0.5, 0.6) is 11.5 Å². The summed E-state index contributed by atoms with van der Waals surface area (Å²) in [6.07, 6.45) is 1.58. The van der Waals surface area contributed by atoms with Crippen LogP contribution in [0.15, 0.2) is 17.0 Å². The van der Waals surface area contributed by atoms with E-state index in [2.05, 4.69) is 5.32 Å². The molecule has 1 aromatic carbocycles. The molecule has 2 aliphatic heterocycles. The molecule has 0 radical (unpaired) electrons. The van der Waals surface area contributed by atoms with Gasteiger partial charge in [-0.2, -0.15) is 4.31 Å². The summed E-state index contributed by atoms with van der Waals surface area (Å²) in [5.41, 5.74) is 0. The maximum Gasteiger partial charge on any atom is 0.244 e. The highest BCUT2D eigenvalue weighted by molar-refractivity contribution is 7.89. The molecule has 0 saturated carbocycles. The lowest BCUT2D eigenvalue weighted by atomic mass is 10.1. The van der Waals surface area contributed by atoms with E-state index >= 15 is 0 Å². The lowest BCUT2D eigenvalue weighted by molar-refractivity contribution is 0.171. The molecule has 1 fully saturated rings. The number of piperidine rings is 1. The van der Waals surface area contributed by atoms with Gasteiger partial charge in [-0.25, -0.2) is 8.42 Å². The lowest BCUT2D eigenvalue weighted by Gasteiger charge is -2.31. The van der Waals surface area contributed by atoms with Crippen molar-refractivity contribution < 1.29 is 17.9 Å². The highest BCUT2D eigenvalue weighted by atomic mass is 35.5. The van der Waals surface area contributed by atoms with Crippen LogP contribution < -0.4 is 14.8 Å². The molecular weight excluding hydrogens is 328 g/mol. The van der Waals surface area contributed by atoms with E-state index in [-0.39, 0.29) is 16.0 Å². The number of ether oxygens (including phenoxy) is 2. The van der Waals surface area contributed by atoms with Gasteiger partial charge in [-0.15, -0.1) is 0 Å². The Kier molecular flexibility index (Phi) is 4.49. The monoisotopic (exact) mass is 346 g/mol. The first kappa shape index (κ1) is 15.9. The van der Waals surface area contributed by atoms with E-state index in [0.29, 0.717) is 24.7 Å². The molecule has 1 aromatic rings. The number of hydrogen-bond donors (Lipinski definition) is 1. The molecule has 0 aromatic heterocycles. The number of benzene rings is 1. The van der Waals surface area contributed by atoms with Crippen LogP contribution in [-0.2, 0) is 10.0 Å². The van der Waals surface area contributed by atoms with E-state index < -0.39 is 10.0 Å². The molecule has 0 atom stereocenters. The summed E-state index contributed by atoms with van der Waals surface area (Å²) in [6.45, 7) is 2.47. The van der Waals surface area contributed by atoms with Crippen LogP contribution in [0.25, 0.3) is 0 Å². The van der Waals surface area contributed by atoms with E-state index in [1.807, 2.05) is 0 Å². The highest BCUT2D eigenvalue weighted by Gasteiger charge is 2.32. The van der Waals surface area contributed by atoms with Crippen molar-refractivity contribution in [3.8, 4) is 11.5 Å². The van der Waals surface area contributed by atoms with Gasteiger partial charge in [-0.3, -0.25) is 0 Å². The minimum absolute atomic E-state index is 0.0180. The Hall–Kier alpha value is -1.02. The van der Waals surface area contributed by atoms with Crippen LogP contribution in [0, 0.1) is 0 Å². The second kappa shape index (κ2) is 6.23. The van der Waals surface area contributed by atoms with Crippen molar-refractivity contribution >= 4 is 21.6 Å². The molecule has 122 valence electrons. The van der Waals surface area contributed by atoms with Crippen molar-refractivity contribution in [3.05, 3.63) is 17.2 Å². The van der Waals surface area contributed by atoms with Crippen LogP contribution in [0.3, 0.4) is 0 Å². The highest BCUT2D eigenvalue weighted by Crippen LogP contribution is 2.38. The number of rotatable bonds is 3. The van der Waals surface area contributed by atoms with Crippen LogP contribution in [0.1, 0.15) is 12.8 Å². The van der Waals surface area contributed by atoms with Crippen molar-refractivity contribution in [3.63, 3.8) is 0 Å². The average molecular weight is 347 g/mol. The number of fused-ring (bicyclic) bond motifs is 1. The minimum Gasteiger partial charge on any atom is -0.486 e. The Labute approximate surface area is 135 Å². The number of sulfonamides is 1. The van der Waals surface area contributed by atoms with Crippen molar-refractivity contribution in [2.24, 2.45) is 0 Å². The summed E-state index contributed by atoms with van der Waals surface area (Å²) in [4.78, 5) is 0.0689. The number of nitrogens with one attached hydrogen (secondary N) is 1. The summed E-state index contributed by atoms with van der Waals surface area (Å²) < 4.78 is 38.0. The largest absolute Gasteiger partial charge is 0.486 e. The summed E-state index contributed by atoms with van der Waals surface area (Å²) in [6, 6.07) is 2.96. The van der Waals surface area contributed by atoms with Crippen molar-refractivity contribution in [2.75, 3.05) is 33.4 Å². The van der Waals surface area contributed by atoms with Gasteiger partial charge < -0.3 is 14.8 Å². The fourth-order valence-electron chi connectivity index (χ4n) is 2.76. The van der Waals surface area contributed by atoms with Gasteiger partial charge in [0.25, 0.3) is 0 Å². The number of nitrogens with zero attached hydrogens (tertiary/aromatic N) is 1. The second-order valence-corrected chi connectivity index (χ2v) is 7.80. The first-order valence-electron chi connectivity index (χ1n) is 7.28. The summed E-state index contributed by atoms with van der Waals surface area (Å²) in [7, 11) is -2.06. The standard InChI is InChI=1S/C14H19ClN2O4S/c1-17(10-2-4-16-5-3-10)22(18,19)14-9-13-12(8-11(14)15)20-6-7-21-13/h8-10,16H,2-7H2,1H3. The molecule has 0 spiro atoms. The number of halogens is 1. The van der Waals surface area contributed by atoms with E-state index in [0.717, 1.165) is 25.9 Å². The van der Waals surface area contributed by atoms with Gasteiger partial charge >= 0.3 is 0 Å². The maximum absolute atomic E-state index is 12.9. The minimum atomic E-state index is -3.66. The third-order valence-corrected chi connectivity index (χ3v) is 6.45. The van der Waals surface area contributed by atoms with Crippen LogP contribution in [0.4, 0.5) is 0 Å². The van der Waals surface area contributed by atoms with Gasteiger partial charge in [0.15, 0.2) is 11.5 Å². The van der Waals surface area contributed by atoms with E-state index in [4.69, 9.17) is 21.1 Å². The molecule has 0 bridgehead atoms. The molecule has 1 N–H and O–H groups in total. The normalized spacial score (nSPS) is 19.4. The fourth-order valence-corrected chi connectivity index (χ4v) is 4.69. The summed E-state index contributed by atoms with van der Waals surface area (Å²) in [5, 5.41) is 3.39. The zero-order valence-corrected chi connectivity index (χ0v) is 13.9. The van der Waals surface area contributed by atoms with Crippen LogP contribution >= 0.6 is 11.6 Å². The van der Waals surface area contributed by atoms with Crippen molar-refractivity contribution in [1.82, 2.24) is 9.62 Å². The molecule has 0 amide bonds. The van der Waals surface area contributed by atoms with Gasteiger partial charge in [-0.05, 0) is 25.9 Å². The summed E-state index contributed by atoms with van der Waals surface area (Å²) >= 11 is 6.17. The van der Waals surface area contributed by atoms with Crippen molar-refractivity contribution in [1.29, 1.82) is 0 Å². The van der Waals surface area contributed by atoms with Gasteiger partial charge in [0.2, 0.25) is 10.0 Å². The number of hydrogen-bond acceptors (Lipinski definition) is 5. The van der Waals surface area contributed by atoms with E-state index in [9.17, 15) is 8.42 Å². The second-order valence-electron chi connectivity index (χ2n) is 5.43. The quantitative estimate of drug-likeness (QED) is 0.898. The SMILES string of the molecule is CN(C1CCNCC1)S(=O)(=O)c1cc2c(cc1Cl)OCCO2. The topological polar surface area (TPSA) is 67.9 Å². The zero-order valence-electron chi connectivity index (χ0n) is 12.3. The van der Waals surface area contributed by atoms with Crippen LogP contribution in [0.2, 0.25) is 5.02 Å². The Bertz CT molecular complexity index is 659. The lowest BCUT2D eigenvalue weighted by Crippen LogP contribution is -2.43. The maximum atomic E-state index is 12.9. The predicted octanol–water partition coefficient (Wildman–Crippen LogP) is 1.48. The molecule has 6 nitrogen and oxygen atoms in total. The molecular formula is C14H19ClN2O4S. The third kappa shape index (κ3) is 2.90. The first-order valence-corrected chi connectivity index (χ1v) is 9.10. The van der Waals surface area contributed by atoms with E-state index in [1.165, 1.54) is 16.4 Å². The molecule has 1 saturated heterocycles. The molecule has 8 heteroatoms. The van der Waals surface area contributed by atoms with Crippen molar-refractivity contribution in [2.45, 2.75) is 23.8 Å². The molecule has 3 rings (SSSR count). The van der Waals surface area contributed by atoms with Crippen LogP contribution in [-0.4, -0.2) is 52.1 Å². The average Bonchev–Trinajstić information content (AvgIpc) is 2.54. The van der Waals surface area contributed by atoms with Gasteiger partial charge in [0.1, 0.15) is 18.1 Å². The van der Waals surface area contributed by atoms with Gasteiger partial charge in [0.05, 0.1) is 5.02 Å². The Morgan fingerprint density at radius 1 is 1.18 bits per heavy atom. The zero-order chi connectivity index (χ0) is 15.7. The fraction of sp³-hybridized carbons (Fsp3) is 0.571. The van der Waals surface area contributed by atoms with Gasteiger partial charge in [-0.1, -0.05) is 11.6 Å². The molecule has 22 heavy (non-hydrogen) atoms. The molecule has 2 aliphatic rings. The van der Waals surface area contributed by atoms with Gasteiger partial charge in [0, 0.05) is 25.2 Å². The molecule has 2 heterocycles. The predicted molar refractivity (Wildman–Crippen MR) is 83.3 cm³/mol. The first-order chi connectivity index (χ1) is 10.5. The Morgan fingerprint density at radius 3 is 2.41 bits per heavy atom. The third-order valence-electron chi connectivity index (χ3n) is 4.08. The Morgan fingerprint density at radius 2 is 1.77 bits per heavy atom. The molecule has 0 unspecified atom stereocenters. The smallest absolute Gasteiger partial charge is 0.244 e. The molecule has 0 aliphatic carbocycles. The summed E-state index contributed by atoms with van der Waals surface area (Å²) in [5.74, 6) is 0.910.